The second kappa shape index (κ2) is 10.4. The number of amides is 1. The van der Waals surface area contributed by atoms with Gasteiger partial charge in [0.25, 0.3) is 5.91 Å². The van der Waals surface area contributed by atoms with Gasteiger partial charge in [-0.25, -0.2) is 8.42 Å². The number of hydrogen-bond donors (Lipinski definition) is 2. The summed E-state index contributed by atoms with van der Waals surface area (Å²) in [4.78, 5) is 28.0. The molecule has 1 fully saturated rings. The SMILES string of the molecule is CCC[C@@]1(N)N(C(=O)[C@H](O)Cc2ccccc2)C[C@H](OC)C1(C(=O)OC)S(=O)(=O)c1ccccc1. The number of nitrogens with zero attached hydrogens (tertiary/aromatic N) is 1. The standard InChI is InChI=1S/C25H32N2O7S/c1-4-15-24(26)25(23(30)34-3,35(31,32)19-13-9-6-10-14-19)21(33-2)17-27(24)22(29)20(28)16-18-11-7-5-8-12-18/h5-14,20-21,28H,4,15-17,26H2,1-3H3/t20-,21+,24-,25?/m1/s1. The average Bonchev–Trinajstić information content (AvgIpc) is 3.13. The van der Waals surface area contributed by atoms with Gasteiger partial charge in [0, 0.05) is 13.5 Å². The van der Waals surface area contributed by atoms with E-state index in [1.165, 1.54) is 31.4 Å². The van der Waals surface area contributed by atoms with Crippen LogP contribution in [0.15, 0.2) is 65.6 Å². The highest BCUT2D eigenvalue weighted by Crippen LogP contribution is 2.48. The van der Waals surface area contributed by atoms with Crippen molar-refractivity contribution in [1.82, 2.24) is 4.90 Å². The third-order valence-corrected chi connectivity index (χ3v) is 9.15. The van der Waals surface area contributed by atoms with Gasteiger partial charge in [-0.2, -0.15) is 0 Å². The van der Waals surface area contributed by atoms with Crippen LogP contribution in [0.1, 0.15) is 25.3 Å². The van der Waals surface area contributed by atoms with Crippen molar-refractivity contribution in [3.05, 3.63) is 66.2 Å². The van der Waals surface area contributed by atoms with Crippen molar-refractivity contribution in [2.45, 2.75) is 53.7 Å². The minimum atomic E-state index is -4.55. The number of methoxy groups -OCH3 is 2. The van der Waals surface area contributed by atoms with Crippen molar-refractivity contribution in [2.75, 3.05) is 20.8 Å². The Morgan fingerprint density at radius 2 is 1.69 bits per heavy atom. The van der Waals surface area contributed by atoms with Gasteiger partial charge in [0.1, 0.15) is 17.9 Å². The zero-order chi connectivity index (χ0) is 25.9. The Morgan fingerprint density at radius 3 is 2.20 bits per heavy atom. The Balaban J connectivity index is 2.19. The molecular formula is C25H32N2O7S. The summed E-state index contributed by atoms with van der Waals surface area (Å²) < 4.78 is 36.5. The van der Waals surface area contributed by atoms with E-state index in [2.05, 4.69) is 0 Å². The van der Waals surface area contributed by atoms with Gasteiger partial charge in [-0.3, -0.25) is 9.59 Å². The van der Waals surface area contributed by atoms with E-state index in [1.54, 1.807) is 37.3 Å². The van der Waals surface area contributed by atoms with E-state index >= 15 is 0 Å². The molecule has 0 aromatic heterocycles. The molecule has 1 aliphatic heterocycles. The highest BCUT2D eigenvalue weighted by molar-refractivity contribution is 7.93. The number of aliphatic hydroxyl groups is 1. The number of ether oxygens (including phenoxy) is 2. The lowest BCUT2D eigenvalue weighted by atomic mass is 9.86. The number of benzene rings is 2. The number of rotatable bonds is 9. The highest BCUT2D eigenvalue weighted by Gasteiger charge is 2.76. The van der Waals surface area contributed by atoms with E-state index in [1.807, 2.05) is 6.07 Å². The van der Waals surface area contributed by atoms with E-state index in [4.69, 9.17) is 15.2 Å². The van der Waals surface area contributed by atoms with E-state index in [-0.39, 0.29) is 24.3 Å². The zero-order valence-electron chi connectivity index (χ0n) is 20.1. The van der Waals surface area contributed by atoms with Gasteiger partial charge in [-0.1, -0.05) is 61.9 Å². The second-order valence-electron chi connectivity index (χ2n) is 8.60. The molecule has 4 atom stereocenters. The molecule has 0 bridgehead atoms. The molecule has 2 aromatic carbocycles. The number of likely N-dealkylation sites (tertiary alicyclic amines) is 1. The summed E-state index contributed by atoms with van der Waals surface area (Å²) in [6.07, 6.45) is -2.58. The normalized spacial score (nSPS) is 25.3. The van der Waals surface area contributed by atoms with Crippen molar-refractivity contribution >= 4 is 21.7 Å². The fraction of sp³-hybridized carbons (Fsp3) is 0.440. The summed E-state index contributed by atoms with van der Waals surface area (Å²) in [5, 5.41) is 10.8. The van der Waals surface area contributed by atoms with Gasteiger partial charge in [-0.05, 0) is 24.1 Å². The number of carbonyl (C=O) groups is 2. The fourth-order valence-electron chi connectivity index (χ4n) is 5.03. The maximum atomic E-state index is 14.2. The predicted octanol–water partition coefficient (Wildman–Crippen LogP) is 1.29. The van der Waals surface area contributed by atoms with Crippen LogP contribution < -0.4 is 5.73 Å². The first-order valence-electron chi connectivity index (χ1n) is 11.3. The molecule has 3 rings (SSSR count). The lowest BCUT2D eigenvalue weighted by Crippen LogP contribution is -2.74. The second-order valence-corrected chi connectivity index (χ2v) is 10.7. The Labute approximate surface area is 205 Å². The largest absolute Gasteiger partial charge is 0.468 e. The minimum absolute atomic E-state index is 0.00726. The fourth-order valence-corrected chi connectivity index (χ4v) is 7.42. The molecule has 1 saturated heterocycles. The van der Waals surface area contributed by atoms with Gasteiger partial charge in [-0.15, -0.1) is 0 Å². The summed E-state index contributed by atoms with van der Waals surface area (Å²) in [5.41, 5.74) is 5.48. The summed E-state index contributed by atoms with van der Waals surface area (Å²) in [7, 11) is -2.23. The molecule has 35 heavy (non-hydrogen) atoms. The topological polar surface area (TPSA) is 136 Å². The van der Waals surface area contributed by atoms with Crippen molar-refractivity contribution in [1.29, 1.82) is 0 Å². The Bertz CT molecular complexity index is 1140. The first kappa shape index (κ1) is 26.8. The third-order valence-electron chi connectivity index (χ3n) is 6.63. The van der Waals surface area contributed by atoms with E-state index in [0.29, 0.717) is 12.0 Å². The van der Waals surface area contributed by atoms with Gasteiger partial charge in [0.05, 0.1) is 18.6 Å². The van der Waals surface area contributed by atoms with Crippen LogP contribution in [-0.4, -0.2) is 73.7 Å². The number of sulfone groups is 1. The maximum absolute atomic E-state index is 14.2. The monoisotopic (exact) mass is 504 g/mol. The molecule has 1 heterocycles. The van der Waals surface area contributed by atoms with Crippen LogP contribution in [0, 0.1) is 0 Å². The molecule has 0 spiro atoms. The van der Waals surface area contributed by atoms with Crippen LogP contribution in [0.4, 0.5) is 0 Å². The summed E-state index contributed by atoms with van der Waals surface area (Å²) >= 11 is 0. The lowest BCUT2D eigenvalue weighted by Gasteiger charge is -2.45. The maximum Gasteiger partial charge on any atom is 0.334 e. The van der Waals surface area contributed by atoms with Crippen LogP contribution >= 0.6 is 0 Å². The minimum Gasteiger partial charge on any atom is -0.468 e. The summed E-state index contributed by atoms with van der Waals surface area (Å²) in [5.74, 6) is -1.92. The number of esters is 1. The van der Waals surface area contributed by atoms with Crippen molar-refractivity contribution in [2.24, 2.45) is 5.73 Å². The van der Waals surface area contributed by atoms with E-state index in [9.17, 15) is 23.1 Å². The van der Waals surface area contributed by atoms with Gasteiger partial charge in [0.15, 0.2) is 0 Å². The molecule has 1 aliphatic rings. The van der Waals surface area contributed by atoms with Gasteiger partial charge < -0.3 is 25.2 Å². The quantitative estimate of drug-likeness (QED) is 0.488. The molecule has 190 valence electrons. The first-order chi connectivity index (χ1) is 16.6. The Hall–Kier alpha value is -2.79. The highest BCUT2D eigenvalue weighted by atomic mass is 32.2. The van der Waals surface area contributed by atoms with Crippen LogP contribution in [0.5, 0.6) is 0 Å². The van der Waals surface area contributed by atoms with E-state index < -0.39 is 44.3 Å². The smallest absolute Gasteiger partial charge is 0.334 e. The predicted molar refractivity (Wildman–Crippen MR) is 129 cm³/mol. The molecule has 0 aliphatic carbocycles. The molecule has 0 radical (unpaired) electrons. The summed E-state index contributed by atoms with van der Waals surface area (Å²) in [6.45, 7) is 1.44. The van der Waals surface area contributed by atoms with Crippen molar-refractivity contribution < 1.29 is 32.6 Å². The van der Waals surface area contributed by atoms with Crippen LogP contribution in [0.2, 0.25) is 0 Å². The first-order valence-corrected chi connectivity index (χ1v) is 12.8. The molecule has 10 heteroatoms. The molecule has 1 amide bonds. The van der Waals surface area contributed by atoms with Crippen LogP contribution in [-0.2, 0) is 35.3 Å². The molecule has 0 saturated carbocycles. The van der Waals surface area contributed by atoms with Gasteiger partial charge in [0.2, 0.25) is 14.6 Å². The van der Waals surface area contributed by atoms with Crippen LogP contribution in [0.3, 0.4) is 0 Å². The Kier molecular flexibility index (Phi) is 8.00. The molecule has 2 aromatic rings. The van der Waals surface area contributed by atoms with Crippen molar-refractivity contribution in [3.8, 4) is 0 Å². The lowest BCUT2D eigenvalue weighted by molar-refractivity contribution is -0.152. The van der Waals surface area contributed by atoms with E-state index in [0.717, 1.165) is 12.0 Å². The molecule has 9 nitrogen and oxygen atoms in total. The van der Waals surface area contributed by atoms with Crippen molar-refractivity contribution in [3.63, 3.8) is 0 Å². The number of nitrogens with two attached hydrogens (primary N) is 1. The van der Waals surface area contributed by atoms with Gasteiger partial charge >= 0.3 is 5.97 Å². The van der Waals surface area contributed by atoms with Crippen LogP contribution in [0.25, 0.3) is 0 Å². The number of hydrogen-bond acceptors (Lipinski definition) is 8. The average molecular weight is 505 g/mol. The summed E-state index contributed by atoms with van der Waals surface area (Å²) in [6, 6.07) is 16.3. The zero-order valence-corrected chi connectivity index (χ0v) is 20.9. The number of aliphatic hydroxyl groups excluding tert-OH is 1. The molecule has 3 N–H and O–H groups in total. The molecule has 1 unspecified atom stereocenters. The Morgan fingerprint density at radius 1 is 1.11 bits per heavy atom. The number of carbonyl (C=O) groups excluding carboxylic acids is 2. The molecular weight excluding hydrogens is 472 g/mol. The third kappa shape index (κ3) is 4.24.